The number of methoxy groups -OCH3 is 1. The number of ether oxygens (including phenoxy) is 6. The molecule has 0 aliphatic rings. The summed E-state index contributed by atoms with van der Waals surface area (Å²) in [7, 11) is 1.61. The molecule has 3 N–H and O–H groups in total. The average Bonchev–Trinajstić information content (AvgIpc) is 2.81. The molecule has 2 rings (SSSR count). The molecule has 0 saturated carbocycles. The van der Waals surface area contributed by atoms with Crippen LogP contribution in [0.1, 0.15) is 18.1 Å². The van der Waals surface area contributed by atoms with E-state index in [-0.39, 0.29) is 24.7 Å². The van der Waals surface area contributed by atoms with Crippen LogP contribution in [0, 0.1) is 11.8 Å². The van der Waals surface area contributed by atoms with E-state index >= 15 is 0 Å². The van der Waals surface area contributed by atoms with Crippen molar-refractivity contribution in [3.63, 3.8) is 0 Å². The maximum Gasteiger partial charge on any atom is 0.203 e. The second-order valence-corrected chi connectivity index (χ2v) is 6.81. The second kappa shape index (κ2) is 15.8. The Balaban J connectivity index is 2.04. The van der Waals surface area contributed by atoms with E-state index in [1.807, 2.05) is 19.1 Å². The topological polar surface area (TPSA) is 102 Å². The zero-order chi connectivity index (χ0) is 23.7. The summed E-state index contributed by atoms with van der Waals surface area (Å²) in [6.45, 7) is 5.81. The molecule has 0 atom stereocenters. The lowest BCUT2D eigenvalue weighted by Gasteiger charge is -2.15. The van der Waals surface area contributed by atoms with Crippen molar-refractivity contribution in [3.8, 4) is 29.1 Å². The summed E-state index contributed by atoms with van der Waals surface area (Å²) in [5.74, 6) is 6.62. The maximum absolute atomic E-state index is 10.5. The number of phenols is 1. The van der Waals surface area contributed by atoms with Crippen LogP contribution < -0.4 is 15.2 Å². The molecule has 0 aliphatic carbocycles. The average molecular weight is 460 g/mol. The predicted octanol–water partition coefficient (Wildman–Crippen LogP) is 2.85. The third kappa shape index (κ3) is 10.5. The van der Waals surface area contributed by atoms with Crippen LogP contribution in [0.4, 0.5) is 5.69 Å². The van der Waals surface area contributed by atoms with Crippen LogP contribution >= 0.6 is 0 Å². The highest BCUT2D eigenvalue weighted by molar-refractivity contribution is 5.58. The molecular weight excluding hydrogens is 426 g/mol. The van der Waals surface area contributed by atoms with E-state index in [0.717, 1.165) is 5.56 Å². The molecule has 0 bridgehead atoms. The number of hydrogen-bond acceptors (Lipinski definition) is 8. The number of aromatic hydroxyl groups is 1. The van der Waals surface area contributed by atoms with Crippen LogP contribution in [0.3, 0.4) is 0 Å². The Morgan fingerprint density at radius 2 is 1.36 bits per heavy atom. The summed E-state index contributed by atoms with van der Waals surface area (Å²) in [5, 5.41) is 10.5. The number of hydrogen-bond donors (Lipinski definition) is 2. The fraction of sp³-hybridized carbons (Fsp3) is 0.440. The van der Waals surface area contributed by atoms with Crippen molar-refractivity contribution in [1.82, 2.24) is 0 Å². The summed E-state index contributed by atoms with van der Waals surface area (Å²) in [6, 6.07) is 10.5. The Bertz CT molecular complexity index is 875. The van der Waals surface area contributed by atoms with Crippen LogP contribution in [0.15, 0.2) is 36.4 Å². The lowest BCUT2D eigenvalue weighted by atomic mass is 10.1. The normalized spacial score (nSPS) is 10.5. The molecule has 33 heavy (non-hydrogen) atoms. The predicted molar refractivity (Wildman–Crippen MR) is 126 cm³/mol. The van der Waals surface area contributed by atoms with Gasteiger partial charge >= 0.3 is 0 Å². The van der Waals surface area contributed by atoms with Crippen molar-refractivity contribution in [2.24, 2.45) is 0 Å². The van der Waals surface area contributed by atoms with Gasteiger partial charge in [0.25, 0.3) is 0 Å². The highest BCUT2D eigenvalue weighted by Crippen LogP contribution is 2.38. The Hall–Kier alpha value is -2.96. The molecule has 2 aromatic carbocycles. The first-order chi connectivity index (χ1) is 16.1. The molecule has 0 unspecified atom stereocenters. The van der Waals surface area contributed by atoms with Crippen LogP contribution in [-0.2, 0) is 18.9 Å². The molecular formula is C25H33NO7. The Kier molecular flexibility index (Phi) is 12.6. The first-order valence-electron chi connectivity index (χ1n) is 10.9. The minimum absolute atomic E-state index is 0.0664. The van der Waals surface area contributed by atoms with E-state index in [4.69, 9.17) is 34.2 Å². The highest BCUT2D eigenvalue weighted by Gasteiger charge is 2.13. The molecule has 180 valence electrons. The van der Waals surface area contributed by atoms with Gasteiger partial charge in [0.2, 0.25) is 5.75 Å². The molecule has 0 saturated heterocycles. The lowest BCUT2D eigenvalue weighted by molar-refractivity contribution is 0.0391. The van der Waals surface area contributed by atoms with Crippen LogP contribution in [0.25, 0.3) is 0 Å². The highest BCUT2D eigenvalue weighted by atomic mass is 16.6. The largest absolute Gasteiger partial charge is 0.504 e. The second-order valence-electron chi connectivity index (χ2n) is 6.81. The van der Waals surface area contributed by atoms with Gasteiger partial charge in [-0.2, -0.15) is 0 Å². The van der Waals surface area contributed by atoms with Crippen molar-refractivity contribution in [3.05, 3.63) is 47.5 Å². The quantitative estimate of drug-likeness (QED) is 0.238. The molecule has 8 heteroatoms. The molecule has 0 radical (unpaired) electrons. The number of nitrogens with two attached hydrogens (primary N) is 1. The van der Waals surface area contributed by atoms with E-state index in [2.05, 4.69) is 11.8 Å². The van der Waals surface area contributed by atoms with Gasteiger partial charge in [0.05, 0.1) is 39.6 Å². The molecule has 0 aromatic heterocycles. The van der Waals surface area contributed by atoms with E-state index in [1.54, 1.807) is 25.3 Å². The zero-order valence-corrected chi connectivity index (χ0v) is 19.3. The summed E-state index contributed by atoms with van der Waals surface area (Å²) < 4.78 is 32.6. The van der Waals surface area contributed by atoms with Crippen LogP contribution in [-0.4, -0.2) is 71.7 Å². The zero-order valence-electron chi connectivity index (χ0n) is 19.3. The summed E-state index contributed by atoms with van der Waals surface area (Å²) >= 11 is 0. The standard InChI is InChI=1S/C25H33NO7/c1-3-29-12-13-31-14-16-32-24-19-21(5-4-20-6-8-22(26)9-7-20)18-23(27)25(24)33-17-15-30-11-10-28-2/h6-9,18-19,27H,3,10-17,26H2,1-2H3. The first kappa shape index (κ1) is 26.3. The van der Waals surface area contributed by atoms with Crippen LogP contribution in [0.2, 0.25) is 0 Å². The van der Waals surface area contributed by atoms with Crippen molar-refractivity contribution in [2.75, 3.05) is 72.3 Å². The van der Waals surface area contributed by atoms with Gasteiger partial charge in [0.15, 0.2) is 11.5 Å². The molecule has 2 aromatic rings. The molecule has 0 spiro atoms. The fourth-order valence-electron chi connectivity index (χ4n) is 2.64. The van der Waals surface area contributed by atoms with Crippen molar-refractivity contribution in [1.29, 1.82) is 0 Å². The minimum atomic E-state index is -0.0664. The summed E-state index contributed by atoms with van der Waals surface area (Å²) in [6.07, 6.45) is 0. The van der Waals surface area contributed by atoms with Gasteiger partial charge in [-0.25, -0.2) is 0 Å². The summed E-state index contributed by atoms with van der Waals surface area (Å²) in [4.78, 5) is 0. The lowest BCUT2D eigenvalue weighted by Crippen LogP contribution is -2.13. The third-order valence-electron chi connectivity index (χ3n) is 4.26. The molecule has 0 fully saturated rings. The van der Waals surface area contributed by atoms with E-state index in [0.29, 0.717) is 63.2 Å². The Labute approximate surface area is 195 Å². The molecule has 0 amide bonds. The number of rotatable bonds is 15. The van der Waals surface area contributed by atoms with Crippen LogP contribution in [0.5, 0.6) is 17.2 Å². The number of nitrogen functional groups attached to an aromatic ring is 1. The van der Waals surface area contributed by atoms with Crippen molar-refractivity contribution >= 4 is 5.69 Å². The SMILES string of the molecule is CCOCCOCCOc1cc(C#Cc2ccc(N)cc2)cc(O)c1OCCOCCOC. The van der Waals surface area contributed by atoms with Gasteiger partial charge in [-0.1, -0.05) is 11.8 Å². The maximum atomic E-state index is 10.5. The molecule has 8 nitrogen and oxygen atoms in total. The van der Waals surface area contributed by atoms with Gasteiger partial charge in [-0.3, -0.25) is 0 Å². The van der Waals surface area contributed by atoms with Gasteiger partial charge in [0, 0.05) is 30.5 Å². The fourth-order valence-corrected chi connectivity index (χ4v) is 2.64. The van der Waals surface area contributed by atoms with Gasteiger partial charge in [0.1, 0.15) is 13.2 Å². The van der Waals surface area contributed by atoms with Crippen molar-refractivity contribution < 1.29 is 33.5 Å². The van der Waals surface area contributed by atoms with E-state index in [9.17, 15) is 5.11 Å². The Morgan fingerprint density at radius 1 is 0.758 bits per heavy atom. The van der Waals surface area contributed by atoms with Crippen molar-refractivity contribution in [2.45, 2.75) is 6.92 Å². The smallest absolute Gasteiger partial charge is 0.203 e. The molecule has 0 aliphatic heterocycles. The number of phenolic OH excluding ortho intramolecular Hbond substituents is 1. The van der Waals surface area contributed by atoms with Gasteiger partial charge in [-0.05, 0) is 43.3 Å². The van der Waals surface area contributed by atoms with E-state index < -0.39 is 0 Å². The Morgan fingerprint density at radius 3 is 2.06 bits per heavy atom. The van der Waals surface area contributed by atoms with Gasteiger partial charge in [-0.15, -0.1) is 0 Å². The number of benzene rings is 2. The minimum Gasteiger partial charge on any atom is -0.504 e. The van der Waals surface area contributed by atoms with Gasteiger partial charge < -0.3 is 39.3 Å². The monoisotopic (exact) mass is 459 g/mol. The van der Waals surface area contributed by atoms with E-state index in [1.165, 1.54) is 6.07 Å². The molecule has 0 heterocycles. The first-order valence-corrected chi connectivity index (χ1v) is 10.9. The summed E-state index contributed by atoms with van der Waals surface area (Å²) in [5.41, 5.74) is 7.77. The number of anilines is 1. The third-order valence-corrected chi connectivity index (χ3v) is 4.26.